The van der Waals surface area contributed by atoms with Gasteiger partial charge in [0.25, 0.3) is 5.91 Å². The normalized spacial score (nSPS) is 10.9. The number of furan rings is 1. The monoisotopic (exact) mass is 446 g/mol. The maximum absolute atomic E-state index is 12.5. The number of methoxy groups -OCH3 is 1. The molecular weight excluding hydrogens is 424 g/mol. The fraction of sp³-hybridized carbons (Fsp3) is 0.160. The van der Waals surface area contributed by atoms with Crippen molar-refractivity contribution < 1.29 is 28.6 Å². The van der Waals surface area contributed by atoms with Crippen LogP contribution in [0.25, 0.3) is 6.08 Å². The average molecular weight is 446 g/mol. The van der Waals surface area contributed by atoms with Crippen LogP contribution in [0, 0.1) is 11.3 Å². The van der Waals surface area contributed by atoms with Crippen LogP contribution in [-0.2, 0) is 17.8 Å². The van der Waals surface area contributed by atoms with Gasteiger partial charge < -0.3 is 24.3 Å². The van der Waals surface area contributed by atoms with Gasteiger partial charge in [-0.05, 0) is 60.0 Å². The van der Waals surface area contributed by atoms with Crippen LogP contribution < -0.4 is 14.8 Å². The lowest BCUT2D eigenvalue weighted by atomic mass is 10.1. The number of ether oxygens (including phenoxy) is 2. The molecule has 1 amide bonds. The first kappa shape index (κ1) is 23.2. The number of nitriles is 1. The number of carboxylic acid groups (broad SMARTS) is 1. The van der Waals surface area contributed by atoms with Crippen LogP contribution >= 0.6 is 0 Å². The van der Waals surface area contributed by atoms with Gasteiger partial charge >= 0.3 is 5.97 Å². The number of nitrogens with zero attached hydrogens (tertiary/aromatic N) is 1. The molecule has 3 rings (SSSR count). The molecule has 0 aliphatic heterocycles. The van der Waals surface area contributed by atoms with Crippen LogP contribution in [0.2, 0.25) is 0 Å². The molecule has 3 aromatic rings. The van der Waals surface area contributed by atoms with Crippen LogP contribution in [0.1, 0.15) is 34.4 Å². The molecular formula is C25H22N2O6. The Morgan fingerprint density at radius 2 is 1.88 bits per heavy atom. The summed E-state index contributed by atoms with van der Waals surface area (Å²) in [5.41, 5.74) is 2.25. The third kappa shape index (κ3) is 6.02. The van der Waals surface area contributed by atoms with Crippen LogP contribution in [0.15, 0.2) is 64.6 Å². The second kappa shape index (κ2) is 10.7. The van der Waals surface area contributed by atoms with Gasteiger partial charge in [-0.15, -0.1) is 0 Å². The van der Waals surface area contributed by atoms with E-state index < -0.39 is 11.9 Å². The highest BCUT2D eigenvalue weighted by Gasteiger charge is 2.13. The molecule has 33 heavy (non-hydrogen) atoms. The first-order chi connectivity index (χ1) is 15.9. The van der Waals surface area contributed by atoms with Crippen molar-refractivity contribution in [3.63, 3.8) is 0 Å². The van der Waals surface area contributed by atoms with E-state index in [1.165, 1.54) is 25.3 Å². The molecule has 0 fully saturated rings. The van der Waals surface area contributed by atoms with Gasteiger partial charge in [0.15, 0.2) is 11.5 Å². The van der Waals surface area contributed by atoms with E-state index in [-0.39, 0.29) is 17.9 Å². The third-order valence-electron chi connectivity index (χ3n) is 4.73. The smallest absolute Gasteiger partial charge is 0.371 e. The molecule has 168 valence electrons. The van der Waals surface area contributed by atoms with Gasteiger partial charge in [-0.3, -0.25) is 4.79 Å². The molecule has 0 aliphatic carbocycles. The number of rotatable bonds is 9. The Labute approximate surface area is 190 Å². The Hall–Kier alpha value is -4.51. The predicted molar refractivity (Wildman–Crippen MR) is 121 cm³/mol. The summed E-state index contributed by atoms with van der Waals surface area (Å²) in [6.45, 7) is 2.04. The van der Waals surface area contributed by atoms with Crippen molar-refractivity contribution in [1.29, 1.82) is 5.26 Å². The van der Waals surface area contributed by atoms with Crippen LogP contribution in [0.4, 0.5) is 5.69 Å². The zero-order chi connectivity index (χ0) is 23.8. The number of aryl methyl sites for hydroxylation is 1. The summed E-state index contributed by atoms with van der Waals surface area (Å²) in [5.74, 6) is -0.750. The minimum Gasteiger partial charge on any atom is -0.493 e. The Kier molecular flexibility index (Phi) is 7.50. The minimum absolute atomic E-state index is 0.00149. The fourth-order valence-electron chi connectivity index (χ4n) is 2.95. The second-order valence-electron chi connectivity index (χ2n) is 6.94. The first-order valence-corrected chi connectivity index (χ1v) is 10.1. The highest BCUT2D eigenvalue weighted by atomic mass is 16.5. The lowest BCUT2D eigenvalue weighted by Crippen LogP contribution is -2.13. The summed E-state index contributed by atoms with van der Waals surface area (Å²) in [6, 6.07) is 17.1. The van der Waals surface area contributed by atoms with Crippen molar-refractivity contribution in [2.45, 2.75) is 20.0 Å². The Bertz CT molecular complexity index is 1220. The van der Waals surface area contributed by atoms with E-state index in [2.05, 4.69) is 5.32 Å². The third-order valence-corrected chi connectivity index (χ3v) is 4.73. The molecule has 2 aromatic carbocycles. The van der Waals surface area contributed by atoms with Crippen molar-refractivity contribution in [2.75, 3.05) is 12.4 Å². The summed E-state index contributed by atoms with van der Waals surface area (Å²) in [5, 5.41) is 21.1. The average Bonchev–Trinajstić information content (AvgIpc) is 3.31. The molecule has 0 radical (unpaired) electrons. The maximum atomic E-state index is 12.5. The summed E-state index contributed by atoms with van der Waals surface area (Å²) in [4.78, 5) is 23.4. The molecule has 0 saturated heterocycles. The second-order valence-corrected chi connectivity index (χ2v) is 6.94. The lowest BCUT2D eigenvalue weighted by molar-refractivity contribution is -0.112. The van der Waals surface area contributed by atoms with Crippen LogP contribution in [-0.4, -0.2) is 24.1 Å². The zero-order valence-corrected chi connectivity index (χ0v) is 18.1. The molecule has 0 atom stereocenters. The van der Waals surface area contributed by atoms with Gasteiger partial charge in [-0.25, -0.2) is 4.79 Å². The molecule has 0 bridgehead atoms. The van der Waals surface area contributed by atoms with E-state index in [1.807, 2.05) is 25.1 Å². The first-order valence-electron chi connectivity index (χ1n) is 10.1. The van der Waals surface area contributed by atoms with Crippen molar-refractivity contribution >= 4 is 23.6 Å². The highest BCUT2D eigenvalue weighted by molar-refractivity contribution is 6.09. The summed E-state index contributed by atoms with van der Waals surface area (Å²) in [7, 11) is 1.46. The number of hydrogen-bond acceptors (Lipinski definition) is 6. The number of aromatic carboxylic acids is 1. The van der Waals surface area contributed by atoms with Gasteiger partial charge in [-0.2, -0.15) is 5.26 Å². The van der Waals surface area contributed by atoms with Crippen molar-refractivity contribution in [1.82, 2.24) is 0 Å². The number of nitrogens with one attached hydrogen (secondary N) is 1. The SMILES string of the molecule is CCc1ccc(NC(=O)C(C#N)=Cc2ccc(OCc3ccc(C(=O)O)o3)c(OC)c2)cc1. The lowest BCUT2D eigenvalue weighted by Gasteiger charge is -2.11. The number of anilines is 1. The van der Waals surface area contributed by atoms with E-state index in [4.69, 9.17) is 19.0 Å². The number of carbonyl (C=O) groups excluding carboxylic acids is 1. The van der Waals surface area contributed by atoms with E-state index in [9.17, 15) is 14.9 Å². The maximum Gasteiger partial charge on any atom is 0.371 e. The summed E-state index contributed by atoms with van der Waals surface area (Å²) in [6.07, 6.45) is 2.34. The van der Waals surface area contributed by atoms with Crippen LogP contribution in [0.3, 0.4) is 0 Å². The van der Waals surface area contributed by atoms with E-state index >= 15 is 0 Å². The highest BCUT2D eigenvalue weighted by Crippen LogP contribution is 2.30. The Morgan fingerprint density at radius 1 is 1.12 bits per heavy atom. The van der Waals surface area contributed by atoms with Gasteiger partial charge in [0.2, 0.25) is 5.76 Å². The van der Waals surface area contributed by atoms with Crippen molar-refractivity contribution in [3.8, 4) is 17.6 Å². The van der Waals surface area contributed by atoms with E-state index in [1.54, 1.807) is 30.3 Å². The fourth-order valence-corrected chi connectivity index (χ4v) is 2.95. The number of carbonyl (C=O) groups is 2. The number of benzene rings is 2. The van der Waals surface area contributed by atoms with E-state index in [0.29, 0.717) is 28.5 Å². The molecule has 0 saturated carbocycles. The van der Waals surface area contributed by atoms with E-state index in [0.717, 1.165) is 12.0 Å². The molecule has 8 heteroatoms. The zero-order valence-electron chi connectivity index (χ0n) is 18.1. The van der Waals surface area contributed by atoms with Gasteiger partial charge in [0.05, 0.1) is 7.11 Å². The number of carboxylic acids is 1. The predicted octanol–water partition coefficient (Wildman–Crippen LogP) is 4.67. The minimum atomic E-state index is -1.16. The molecule has 0 unspecified atom stereocenters. The van der Waals surface area contributed by atoms with Gasteiger partial charge in [0.1, 0.15) is 24.0 Å². The number of amides is 1. The largest absolute Gasteiger partial charge is 0.493 e. The summed E-state index contributed by atoms with van der Waals surface area (Å²) >= 11 is 0. The Morgan fingerprint density at radius 3 is 2.48 bits per heavy atom. The standard InChI is InChI=1S/C25H22N2O6/c1-3-16-4-7-19(8-5-16)27-24(28)18(14-26)12-17-6-10-21(23(13-17)31-2)32-15-20-9-11-22(33-20)25(29)30/h4-13H,3,15H2,1-2H3,(H,27,28)(H,29,30). The molecule has 1 heterocycles. The van der Waals surface area contributed by atoms with Crippen LogP contribution in [0.5, 0.6) is 11.5 Å². The van der Waals surface area contributed by atoms with Crippen molar-refractivity contribution in [2.24, 2.45) is 0 Å². The molecule has 0 aliphatic rings. The topological polar surface area (TPSA) is 122 Å². The number of hydrogen-bond donors (Lipinski definition) is 2. The molecule has 8 nitrogen and oxygen atoms in total. The van der Waals surface area contributed by atoms with Gasteiger partial charge in [0, 0.05) is 5.69 Å². The van der Waals surface area contributed by atoms with Crippen molar-refractivity contribution in [3.05, 3.63) is 82.8 Å². The molecule has 1 aromatic heterocycles. The van der Waals surface area contributed by atoms with Gasteiger partial charge in [-0.1, -0.05) is 25.1 Å². The Balaban J connectivity index is 1.72. The summed E-state index contributed by atoms with van der Waals surface area (Å²) < 4.78 is 16.2. The molecule has 0 spiro atoms. The quantitative estimate of drug-likeness (QED) is 0.362. The molecule has 2 N–H and O–H groups in total.